The smallest absolute Gasteiger partial charge is 0.303 e. The van der Waals surface area contributed by atoms with Crippen LogP contribution in [0, 0.1) is 5.92 Å². The highest BCUT2D eigenvalue weighted by atomic mass is 16.5. The maximum atomic E-state index is 10.9. The number of aliphatic carboxylic acids is 1. The number of ether oxygens (including phenoxy) is 1. The molecule has 18 heavy (non-hydrogen) atoms. The summed E-state index contributed by atoms with van der Waals surface area (Å²) in [5.41, 5.74) is 1.14. The van der Waals surface area contributed by atoms with Crippen LogP contribution in [0.15, 0.2) is 18.3 Å². The summed E-state index contributed by atoms with van der Waals surface area (Å²) in [7, 11) is 1.59. The Morgan fingerprint density at radius 3 is 2.83 bits per heavy atom. The van der Waals surface area contributed by atoms with Crippen molar-refractivity contribution in [3.05, 3.63) is 23.9 Å². The van der Waals surface area contributed by atoms with E-state index in [1.165, 1.54) is 6.42 Å². The lowest BCUT2D eigenvalue weighted by Crippen LogP contribution is -2.20. The van der Waals surface area contributed by atoms with Crippen molar-refractivity contribution >= 4 is 5.97 Å². The maximum absolute atomic E-state index is 10.9. The lowest BCUT2D eigenvalue weighted by Gasteiger charge is -2.30. The van der Waals surface area contributed by atoms with Crippen LogP contribution in [0.3, 0.4) is 0 Å². The van der Waals surface area contributed by atoms with E-state index >= 15 is 0 Å². The topological polar surface area (TPSA) is 59.4 Å². The molecule has 1 aliphatic rings. The largest absolute Gasteiger partial charge is 0.481 e. The van der Waals surface area contributed by atoms with Gasteiger partial charge in [0.1, 0.15) is 0 Å². The molecule has 0 bridgehead atoms. The summed E-state index contributed by atoms with van der Waals surface area (Å²) in [6, 6.07) is 3.86. The molecule has 98 valence electrons. The molecule has 1 aromatic rings. The molecule has 1 N–H and O–H groups in total. The minimum absolute atomic E-state index is 0.242. The Balaban J connectivity index is 2.13. The molecule has 0 aliphatic heterocycles. The van der Waals surface area contributed by atoms with Crippen molar-refractivity contribution in [2.24, 2.45) is 5.92 Å². The van der Waals surface area contributed by atoms with Gasteiger partial charge in [-0.25, -0.2) is 4.98 Å². The Morgan fingerprint density at radius 2 is 2.22 bits per heavy atom. The van der Waals surface area contributed by atoms with Gasteiger partial charge in [-0.15, -0.1) is 0 Å². The van der Waals surface area contributed by atoms with Gasteiger partial charge in [-0.1, -0.05) is 18.9 Å². The number of carboxylic acid groups (broad SMARTS) is 1. The number of rotatable bonds is 4. The van der Waals surface area contributed by atoms with Crippen LogP contribution >= 0.6 is 0 Å². The van der Waals surface area contributed by atoms with E-state index in [0.29, 0.717) is 11.8 Å². The van der Waals surface area contributed by atoms with Crippen molar-refractivity contribution in [1.82, 2.24) is 4.98 Å². The second-order valence-corrected chi connectivity index (χ2v) is 4.88. The summed E-state index contributed by atoms with van der Waals surface area (Å²) in [5.74, 6) is 0.470. The summed E-state index contributed by atoms with van der Waals surface area (Å²) < 4.78 is 5.04. The van der Waals surface area contributed by atoms with Crippen LogP contribution in [0.1, 0.15) is 43.6 Å². The number of nitrogens with zero attached hydrogens (tertiary/aromatic N) is 1. The third kappa shape index (κ3) is 3.00. The van der Waals surface area contributed by atoms with E-state index in [1.807, 2.05) is 18.3 Å². The average Bonchev–Trinajstić information content (AvgIpc) is 2.39. The van der Waals surface area contributed by atoms with Gasteiger partial charge in [0.05, 0.1) is 7.11 Å². The zero-order chi connectivity index (χ0) is 13.0. The summed E-state index contributed by atoms with van der Waals surface area (Å²) in [6.07, 6.45) is 6.46. The van der Waals surface area contributed by atoms with E-state index in [-0.39, 0.29) is 12.3 Å². The van der Waals surface area contributed by atoms with E-state index in [1.54, 1.807) is 7.11 Å². The van der Waals surface area contributed by atoms with Gasteiger partial charge < -0.3 is 9.84 Å². The summed E-state index contributed by atoms with van der Waals surface area (Å²) in [5, 5.41) is 8.98. The Labute approximate surface area is 107 Å². The summed E-state index contributed by atoms with van der Waals surface area (Å²) in [6.45, 7) is 0. The zero-order valence-electron chi connectivity index (χ0n) is 10.6. The predicted octanol–water partition coefficient (Wildman–Crippen LogP) is 2.84. The molecular formula is C14H19NO3. The van der Waals surface area contributed by atoms with Gasteiger partial charge in [0, 0.05) is 18.7 Å². The van der Waals surface area contributed by atoms with Crippen molar-refractivity contribution in [3.63, 3.8) is 0 Å². The van der Waals surface area contributed by atoms with Gasteiger partial charge in [-0.2, -0.15) is 0 Å². The number of pyridine rings is 1. The molecule has 0 radical (unpaired) electrons. The number of aromatic nitrogens is 1. The number of hydrogen-bond acceptors (Lipinski definition) is 3. The molecule has 0 aromatic carbocycles. The van der Waals surface area contributed by atoms with Crippen LogP contribution in [0.4, 0.5) is 0 Å². The Hall–Kier alpha value is -1.58. The molecule has 1 saturated carbocycles. The van der Waals surface area contributed by atoms with Crippen molar-refractivity contribution in [3.8, 4) is 5.88 Å². The Bertz CT molecular complexity index is 402. The highest BCUT2D eigenvalue weighted by molar-refractivity contribution is 5.67. The van der Waals surface area contributed by atoms with Gasteiger partial charge in [0.25, 0.3) is 0 Å². The van der Waals surface area contributed by atoms with E-state index in [2.05, 4.69) is 4.98 Å². The normalized spacial score (nSPS) is 23.6. The first-order valence-electron chi connectivity index (χ1n) is 6.42. The predicted molar refractivity (Wildman–Crippen MR) is 67.7 cm³/mol. The van der Waals surface area contributed by atoms with Crippen LogP contribution in [0.5, 0.6) is 5.88 Å². The minimum Gasteiger partial charge on any atom is -0.481 e. The molecule has 1 aromatic heterocycles. The van der Waals surface area contributed by atoms with Gasteiger partial charge in [0.15, 0.2) is 0 Å². The molecule has 0 spiro atoms. The molecule has 2 rings (SSSR count). The third-order valence-corrected chi connectivity index (χ3v) is 3.74. The van der Waals surface area contributed by atoms with Crippen LogP contribution in [-0.4, -0.2) is 23.2 Å². The average molecular weight is 249 g/mol. The van der Waals surface area contributed by atoms with Crippen LogP contribution in [0.2, 0.25) is 0 Å². The lowest BCUT2D eigenvalue weighted by molar-refractivity contribution is -0.138. The number of methoxy groups -OCH3 is 1. The first-order chi connectivity index (χ1) is 8.70. The lowest BCUT2D eigenvalue weighted by atomic mass is 9.74. The highest BCUT2D eigenvalue weighted by Crippen LogP contribution is 2.39. The molecule has 0 saturated heterocycles. The van der Waals surface area contributed by atoms with Gasteiger partial charge in [-0.05, 0) is 30.2 Å². The molecule has 0 amide bonds. The molecule has 4 nitrogen and oxygen atoms in total. The molecule has 4 heteroatoms. The standard InChI is InChI=1S/C14H19NO3/c1-18-13-7-6-11(9-15-13)12-5-3-2-4-10(12)8-14(16)17/h6-7,9-10,12H,2-5,8H2,1H3,(H,16,17). The van der Waals surface area contributed by atoms with Crippen LogP contribution in [0.25, 0.3) is 0 Å². The fourth-order valence-corrected chi connectivity index (χ4v) is 2.85. The number of carboxylic acids is 1. The van der Waals surface area contributed by atoms with Gasteiger partial charge >= 0.3 is 5.97 Å². The SMILES string of the molecule is COc1ccc(C2CCCCC2CC(=O)O)cn1. The first-order valence-corrected chi connectivity index (χ1v) is 6.42. The quantitative estimate of drug-likeness (QED) is 0.891. The van der Waals surface area contributed by atoms with Crippen molar-refractivity contribution in [2.45, 2.75) is 38.0 Å². The first kappa shape index (κ1) is 12.9. The fourth-order valence-electron chi connectivity index (χ4n) is 2.85. The van der Waals surface area contributed by atoms with Crippen LogP contribution < -0.4 is 4.74 Å². The molecular weight excluding hydrogens is 230 g/mol. The van der Waals surface area contributed by atoms with Crippen molar-refractivity contribution < 1.29 is 14.6 Å². The van der Waals surface area contributed by atoms with E-state index < -0.39 is 5.97 Å². The van der Waals surface area contributed by atoms with Crippen LogP contribution in [-0.2, 0) is 4.79 Å². The second kappa shape index (κ2) is 5.85. The Kier molecular flexibility index (Phi) is 4.18. The van der Waals surface area contributed by atoms with E-state index in [4.69, 9.17) is 9.84 Å². The number of hydrogen-bond donors (Lipinski definition) is 1. The fraction of sp³-hybridized carbons (Fsp3) is 0.571. The molecule has 2 atom stereocenters. The maximum Gasteiger partial charge on any atom is 0.303 e. The highest BCUT2D eigenvalue weighted by Gasteiger charge is 2.28. The molecule has 2 unspecified atom stereocenters. The molecule has 1 fully saturated rings. The summed E-state index contributed by atoms with van der Waals surface area (Å²) >= 11 is 0. The second-order valence-electron chi connectivity index (χ2n) is 4.88. The number of carbonyl (C=O) groups is 1. The monoisotopic (exact) mass is 249 g/mol. The zero-order valence-corrected chi connectivity index (χ0v) is 10.6. The van der Waals surface area contributed by atoms with Gasteiger partial charge in [0.2, 0.25) is 5.88 Å². The summed E-state index contributed by atoms with van der Waals surface area (Å²) in [4.78, 5) is 15.1. The minimum atomic E-state index is -0.701. The van der Waals surface area contributed by atoms with E-state index in [9.17, 15) is 4.79 Å². The third-order valence-electron chi connectivity index (χ3n) is 3.74. The molecule has 1 aliphatic carbocycles. The van der Waals surface area contributed by atoms with Gasteiger partial charge in [-0.3, -0.25) is 4.79 Å². The Morgan fingerprint density at radius 1 is 1.44 bits per heavy atom. The van der Waals surface area contributed by atoms with Crippen molar-refractivity contribution in [2.75, 3.05) is 7.11 Å². The van der Waals surface area contributed by atoms with E-state index in [0.717, 1.165) is 24.8 Å². The molecule has 1 heterocycles. The van der Waals surface area contributed by atoms with Crippen molar-refractivity contribution in [1.29, 1.82) is 0 Å².